The van der Waals surface area contributed by atoms with Crippen LogP contribution in [0, 0.1) is 0 Å². The van der Waals surface area contributed by atoms with Gasteiger partial charge in [-0.05, 0) is 37.8 Å². The Labute approximate surface area is 165 Å². The molecule has 0 bridgehead atoms. The second-order valence-electron chi connectivity index (χ2n) is 5.48. The molecule has 1 aromatic rings. The number of benzene rings is 1. The van der Waals surface area contributed by atoms with Crippen LogP contribution in [0.5, 0.6) is 0 Å². The zero-order valence-corrected chi connectivity index (χ0v) is 16.4. The molecule has 0 aromatic heterocycles. The number of esters is 1. The van der Waals surface area contributed by atoms with E-state index in [0.717, 1.165) is 38.5 Å². The van der Waals surface area contributed by atoms with E-state index < -0.39 is 10.4 Å². The lowest BCUT2D eigenvalue weighted by molar-refractivity contribution is -0.150. The summed E-state index contributed by atoms with van der Waals surface area (Å²) in [5, 5.41) is 8.10. The van der Waals surface area contributed by atoms with Crippen LogP contribution in [0.25, 0.3) is 0 Å². The molecule has 1 fully saturated rings. The molecule has 4 nitrogen and oxygen atoms in total. The third-order valence-corrected chi connectivity index (χ3v) is 4.83. The Kier molecular flexibility index (Phi) is 7.44. The molecule has 2 rings (SSSR count). The molecule has 0 radical (unpaired) electrons. The maximum Gasteiger partial charge on any atom is 0.368 e. The largest absolute Gasteiger partial charge is 0.459 e. The van der Waals surface area contributed by atoms with Crippen molar-refractivity contribution in [3.8, 4) is 0 Å². The second kappa shape index (κ2) is 8.91. The highest BCUT2D eigenvalue weighted by molar-refractivity contribution is 6.57. The predicted octanol–water partition coefficient (Wildman–Crippen LogP) is 7.13. The highest BCUT2D eigenvalue weighted by Gasteiger charge is 2.38. The van der Waals surface area contributed by atoms with Gasteiger partial charge in [-0.15, -0.1) is 10.2 Å². The van der Waals surface area contributed by atoms with Gasteiger partial charge in [-0.3, -0.25) is 0 Å². The van der Waals surface area contributed by atoms with Gasteiger partial charge in [-0.1, -0.05) is 70.8 Å². The van der Waals surface area contributed by atoms with Crippen molar-refractivity contribution in [2.45, 2.75) is 49.1 Å². The molecule has 1 saturated carbocycles. The van der Waals surface area contributed by atoms with Gasteiger partial charge in [0.15, 0.2) is 0 Å². The monoisotopic (exact) mass is 430 g/mol. The molecule has 0 saturated heterocycles. The second-order valence-corrected chi connectivity index (χ2v) is 8.02. The van der Waals surface area contributed by atoms with Crippen LogP contribution < -0.4 is 0 Å². The molecule has 0 heterocycles. The quantitative estimate of drug-likeness (QED) is 0.167. The SMILES string of the molecule is O=C(OC1CCCCCC1)C(Cl)(Cl)/N=N/c1c(Cl)cc(Cl)cc1Cl. The Bertz CT molecular complexity index is 605. The average molecular weight is 433 g/mol. The van der Waals surface area contributed by atoms with E-state index in [1.54, 1.807) is 0 Å². The number of carbonyl (C=O) groups excluding carboxylic acids is 1. The standard InChI is InChI=1S/C15H15Cl5N2O2/c16-9-7-11(17)13(12(18)8-9)21-22-15(19,20)14(23)24-10-5-3-1-2-4-6-10/h7-8,10H,1-6H2/b22-21+. The van der Waals surface area contributed by atoms with Crippen LogP contribution in [-0.4, -0.2) is 16.5 Å². The first-order chi connectivity index (χ1) is 11.3. The first-order valence-corrected chi connectivity index (χ1v) is 9.35. The Morgan fingerprint density at radius 2 is 1.58 bits per heavy atom. The first-order valence-electron chi connectivity index (χ1n) is 7.46. The maximum atomic E-state index is 12.2. The van der Waals surface area contributed by atoms with Crippen molar-refractivity contribution < 1.29 is 9.53 Å². The van der Waals surface area contributed by atoms with E-state index in [0.29, 0.717) is 5.02 Å². The number of hydrogen-bond donors (Lipinski definition) is 0. The molecule has 0 amide bonds. The molecule has 0 N–H and O–H groups in total. The zero-order valence-electron chi connectivity index (χ0n) is 12.6. The summed E-state index contributed by atoms with van der Waals surface area (Å²) in [5.74, 6) is -0.859. The van der Waals surface area contributed by atoms with Gasteiger partial charge >= 0.3 is 10.4 Å². The summed E-state index contributed by atoms with van der Waals surface area (Å²) in [6, 6.07) is 2.88. The Balaban J connectivity index is 2.07. The predicted molar refractivity (Wildman–Crippen MR) is 98.0 cm³/mol. The smallest absolute Gasteiger partial charge is 0.368 e. The molecule has 0 atom stereocenters. The van der Waals surface area contributed by atoms with Gasteiger partial charge in [0.05, 0.1) is 10.0 Å². The lowest BCUT2D eigenvalue weighted by Gasteiger charge is -2.19. The highest BCUT2D eigenvalue weighted by Crippen LogP contribution is 2.38. The van der Waals surface area contributed by atoms with Crippen LogP contribution in [0.1, 0.15) is 38.5 Å². The number of azo groups is 1. The molecule has 9 heteroatoms. The van der Waals surface area contributed by atoms with Gasteiger partial charge in [0.2, 0.25) is 0 Å². The van der Waals surface area contributed by atoms with Crippen molar-refractivity contribution in [1.29, 1.82) is 0 Å². The van der Waals surface area contributed by atoms with Crippen LogP contribution >= 0.6 is 58.0 Å². The molecule has 24 heavy (non-hydrogen) atoms. The van der Waals surface area contributed by atoms with Gasteiger partial charge in [0.25, 0.3) is 0 Å². The molecule has 0 aliphatic heterocycles. The van der Waals surface area contributed by atoms with Gasteiger partial charge in [0.1, 0.15) is 11.8 Å². The van der Waals surface area contributed by atoms with Crippen LogP contribution in [0.3, 0.4) is 0 Å². The summed E-state index contributed by atoms with van der Waals surface area (Å²) in [7, 11) is 0. The zero-order chi connectivity index (χ0) is 17.7. The van der Waals surface area contributed by atoms with Gasteiger partial charge in [0, 0.05) is 5.02 Å². The van der Waals surface area contributed by atoms with E-state index in [4.69, 9.17) is 62.7 Å². The number of hydrogen-bond acceptors (Lipinski definition) is 4. The Hall–Kier alpha value is -0.260. The number of halogens is 5. The molecule has 1 aliphatic rings. The minimum Gasteiger partial charge on any atom is -0.459 e. The van der Waals surface area contributed by atoms with Gasteiger partial charge in [-0.2, -0.15) is 0 Å². The number of nitrogens with zero attached hydrogens (tertiary/aromatic N) is 2. The normalized spacial score (nSPS) is 17.0. The number of carbonyl (C=O) groups is 1. The third kappa shape index (κ3) is 5.63. The molecule has 0 spiro atoms. The summed E-state index contributed by atoms with van der Waals surface area (Å²) in [6.45, 7) is 0. The van der Waals surface area contributed by atoms with Crippen LogP contribution in [0.2, 0.25) is 15.1 Å². The molecule has 0 unspecified atom stereocenters. The van der Waals surface area contributed by atoms with Crippen molar-refractivity contribution >= 4 is 69.7 Å². The molecule has 132 valence electrons. The summed E-state index contributed by atoms with van der Waals surface area (Å²) >= 11 is 29.7. The lowest BCUT2D eigenvalue weighted by atomic mass is 10.1. The van der Waals surface area contributed by atoms with E-state index in [1.807, 2.05) is 0 Å². The fourth-order valence-corrected chi connectivity index (χ4v) is 3.42. The fraction of sp³-hybridized carbons (Fsp3) is 0.533. The fourth-order valence-electron chi connectivity index (χ4n) is 2.37. The third-order valence-electron chi connectivity index (χ3n) is 3.58. The minimum atomic E-state index is -2.17. The van der Waals surface area contributed by atoms with E-state index in [-0.39, 0.29) is 21.8 Å². The summed E-state index contributed by atoms with van der Waals surface area (Å²) < 4.78 is 3.19. The van der Waals surface area contributed by atoms with Crippen molar-refractivity contribution in [3.05, 3.63) is 27.2 Å². The van der Waals surface area contributed by atoms with Crippen LogP contribution in [0.4, 0.5) is 5.69 Å². The van der Waals surface area contributed by atoms with Crippen molar-refractivity contribution in [1.82, 2.24) is 0 Å². The van der Waals surface area contributed by atoms with E-state index in [2.05, 4.69) is 10.2 Å². The van der Waals surface area contributed by atoms with E-state index >= 15 is 0 Å². The molecule has 1 aliphatic carbocycles. The Morgan fingerprint density at radius 3 is 2.12 bits per heavy atom. The van der Waals surface area contributed by atoms with E-state index in [9.17, 15) is 4.79 Å². The van der Waals surface area contributed by atoms with Gasteiger partial charge < -0.3 is 4.74 Å². The van der Waals surface area contributed by atoms with Crippen molar-refractivity contribution in [2.75, 3.05) is 0 Å². The number of ether oxygens (including phenoxy) is 1. The van der Waals surface area contributed by atoms with Crippen molar-refractivity contribution in [3.63, 3.8) is 0 Å². The lowest BCUT2D eigenvalue weighted by Crippen LogP contribution is -2.30. The number of alkyl halides is 2. The average Bonchev–Trinajstić information content (AvgIpc) is 2.74. The first kappa shape index (κ1) is 20.1. The highest BCUT2D eigenvalue weighted by atomic mass is 35.5. The van der Waals surface area contributed by atoms with Crippen molar-refractivity contribution in [2.24, 2.45) is 10.2 Å². The topological polar surface area (TPSA) is 51.0 Å². The maximum absolute atomic E-state index is 12.2. The summed E-state index contributed by atoms with van der Waals surface area (Å²) in [4.78, 5) is 12.2. The summed E-state index contributed by atoms with van der Waals surface area (Å²) in [6.07, 6.45) is 5.67. The van der Waals surface area contributed by atoms with Gasteiger partial charge in [-0.25, -0.2) is 4.79 Å². The number of rotatable bonds is 4. The Morgan fingerprint density at radius 1 is 1.04 bits per heavy atom. The van der Waals surface area contributed by atoms with Crippen LogP contribution in [-0.2, 0) is 9.53 Å². The minimum absolute atomic E-state index is 0.121. The molecular formula is C15H15Cl5N2O2. The van der Waals surface area contributed by atoms with Crippen LogP contribution in [0.15, 0.2) is 22.4 Å². The molecular weight excluding hydrogens is 417 g/mol. The molecule has 1 aromatic carbocycles. The van der Waals surface area contributed by atoms with E-state index in [1.165, 1.54) is 12.1 Å². The summed E-state index contributed by atoms with van der Waals surface area (Å²) in [5.41, 5.74) is 0.121.